The molecule has 0 aromatic carbocycles. The number of hydrogen-bond donors (Lipinski definition) is 3. The Morgan fingerprint density at radius 3 is 2.51 bits per heavy atom. The number of carboxylic acid groups (broad SMARTS) is 1. The van der Waals surface area contributed by atoms with E-state index in [1.807, 2.05) is 0 Å². The Bertz CT molecular complexity index is 862. The number of aliphatic hydroxyl groups excluding tert-OH is 2. The molecular weight excluding hydrogens is 476 g/mol. The van der Waals surface area contributed by atoms with Crippen LogP contribution >= 0.6 is 0 Å². The van der Waals surface area contributed by atoms with Crippen molar-refractivity contribution in [2.24, 2.45) is 28.6 Å². The molecule has 5 unspecified atom stereocenters. The minimum Gasteiger partial charge on any atom is -0.481 e. The third kappa shape index (κ3) is 7.66. The topological polar surface area (TPSA) is 130 Å². The Hall–Kier alpha value is -2.19. The highest BCUT2D eigenvalue weighted by molar-refractivity contribution is 5.87. The lowest BCUT2D eigenvalue weighted by Gasteiger charge is -2.59. The SMILES string of the molecule is C/C=C(/C)C(=O)OCC(CCO)CCC1(C)C(C)CCC2(CO)C(COC(=O)CCC(=O)O)=CCCC21. The third-order valence-electron chi connectivity index (χ3n) is 9.15. The molecule has 3 N–H and O–H groups in total. The summed E-state index contributed by atoms with van der Waals surface area (Å²) in [5.41, 5.74) is 0.934. The van der Waals surface area contributed by atoms with Crippen molar-refractivity contribution >= 4 is 17.9 Å². The number of aliphatic carboxylic acids is 1. The van der Waals surface area contributed by atoms with Crippen molar-refractivity contribution in [3.8, 4) is 0 Å². The normalized spacial score (nSPS) is 28.6. The summed E-state index contributed by atoms with van der Waals surface area (Å²) in [7, 11) is 0. The quantitative estimate of drug-likeness (QED) is 0.173. The molecule has 0 amide bonds. The second-order valence-electron chi connectivity index (χ2n) is 11.2. The van der Waals surface area contributed by atoms with Gasteiger partial charge in [0, 0.05) is 17.6 Å². The number of allylic oxidation sites excluding steroid dienone is 2. The van der Waals surface area contributed by atoms with Crippen LogP contribution < -0.4 is 0 Å². The van der Waals surface area contributed by atoms with Crippen molar-refractivity contribution in [2.75, 3.05) is 26.4 Å². The fourth-order valence-electron chi connectivity index (χ4n) is 6.36. The van der Waals surface area contributed by atoms with E-state index in [9.17, 15) is 24.6 Å². The lowest BCUT2D eigenvalue weighted by atomic mass is 9.46. The average Bonchev–Trinajstić information content (AvgIpc) is 2.89. The summed E-state index contributed by atoms with van der Waals surface area (Å²) in [5, 5.41) is 29.2. The van der Waals surface area contributed by atoms with Crippen LogP contribution in [-0.4, -0.2) is 59.7 Å². The molecule has 2 aliphatic carbocycles. The van der Waals surface area contributed by atoms with Crippen LogP contribution in [0.1, 0.15) is 85.5 Å². The van der Waals surface area contributed by atoms with Gasteiger partial charge in [0.1, 0.15) is 6.61 Å². The summed E-state index contributed by atoms with van der Waals surface area (Å²) in [4.78, 5) is 35.0. The second kappa shape index (κ2) is 14.1. The molecule has 0 aromatic rings. The van der Waals surface area contributed by atoms with Crippen molar-refractivity contribution in [2.45, 2.75) is 85.5 Å². The molecule has 1 fully saturated rings. The highest BCUT2D eigenvalue weighted by Crippen LogP contribution is 2.62. The van der Waals surface area contributed by atoms with E-state index < -0.39 is 17.4 Å². The van der Waals surface area contributed by atoms with E-state index in [1.165, 1.54) is 0 Å². The van der Waals surface area contributed by atoms with Gasteiger partial charge in [0.25, 0.3) is 0 Å². The van der Waals surface area contributed by atoms with E-state index in [0.717, 1.165) is 44.1 Å². The zero-order chi connectivity index (χ0) is 27.6. The van der Waals surface area contributed by atoms with Gasteiger partial charge in [0.05, 0.1) is 26.1 Å². The van der Waals surface area contributed by atoms with Gasteiger partial charge in [-0.2, -0.15) is 0 Å². The largest absolute Gasteiger partial charge is 0.481 e. The second-order valence-corrected chi connectivity index (χ2v) is 11.2. The summed E-state index contributed by atoms with van der Waals surface area (Å²) < 4.78 is 11.0. The summed E-state index contributed by atoms with van der Waals surface area (Å²) in [6.07, 6.45) is 9.10. The van der Waals surface area contributed by atoms with Gasteiger partial charge < -0.3 is 24.8 Å². The molecule has 2 rings (SSSR count). The number of fused-ring (bicyclic) bond motifs is 1. The van der Waals surface area contributed by atoms with E-state index in [2.05, 4.69) is 19.9 Å². The average molecular weight is 523 g/mol. The van der Waals surface area contributed by atoms with Crippen LogP contribution in [0.3, 0.4) is 0 Å². The Kier molecular flexibility index (Phi) is 11.8. The van der Waals surface area contributed by atoms with E-state index >= 15 is 0 Å². The molecule has 210 valence electrons. The highest BCUT2D eigenvalue weighted by Gasteiger charge is 2.56. The first-order valence-corrected chi connectivity index (χ1v) is 13.6. The monoisotopic (exact) mass is 522 g/mol. The molecule has 0 saturated heterocycles. The van der Waals surface area contributed by atoms with E-state index in [0.29, 0.717) is 17.9 Å². The maximum Gasteiger partial charge on any atom is 0.333 e. The Labute approximate surface area is 221 Å². The molecule has 2 aliphatic rings. The maximum absolute atomic E-state index is 12.1. The molecule has 8 heteroatoms. The van der Waals surface area contributed by atoms with Gasteiger partial charge in [0.2, 0.25) is 0 Å². The zero-order valence-electron chi connectivity index (χ0n) is 23.0. The Balaban J connectivity index is 2.15. The first kappa shape index (κ1) is 31.0. The summed E-state index contributed by atoms with van der Waals surface area (Å²) in [6, 6.07) is 0. The van der Waals surface area contributed by atoms with Gasteiger partial charge >= 0.3 is 17.9 Å². The Morgan fingerprint density at radius 2 is 1.89 bits per heavy atom. The van der Waals surface area contributed by atoms with Gasteiger partial charge in [-0.25, -0.2) is 4.79 Å². The van der Waals surface area contributed by atoms with Crippen molar-refractivity contribution in [3.63, 3.8) is 0 Å². The molecule has 0 bridgehead atoms. The molecule has 37 heavy (non-hydrogen) atoms. The van der Waals surface area contributed by atoms with E-state index in [4.69, 9.17) is 14.6 Å². The van der Waals surface area contributed by atoms with Crippen LogP contribution in [0, 0.1) is 28.6 Å². The minimum atomic E-state index is -1.04. The number of rotatable bonds is 14. The molecule has 0 spiro atoms. The molecule has 1 saturated carbocycles. The first-order chi connectivity index (χ1) is 17.5. The number of carbonyl (C=O) groups excluding carboxylic acids is 2. The van der Waals surface area contributed by atoms with Gasteiger partial charge in [-0.3, -0.25) is 9.59 Å². The van der Waals surface area contributed by atoms with Gasteiger partial charge in [-0.1, -0.05) is 26.0 Å². The van der Waals surface area contributed by atoms with Crippen LogP contribution in [0.15, 0.2) is 23.3 Å². The van der Waals surface area contributed by atoms with Crippen LogP contribution in [0.25, 0.3) is 0 Å². The fraction of sp³-hybridized carbons (Fsp3) is 0.759. The van der Waals surface area contributed by atoms with Gasteiger partial charge in [0.15, 0.2) is 0 Å². The van der Waals surface area contributed by atoms with E-state index in [-0.39, 0.29) is 62.5 Å². The number of carboxylic acids is 1. The van der Waals surface area contributed by atoms with Crippen molar-refractivity contribution in [1.29, 1.82) is 0 Å². The fourth-order valence-corrected chi connectivity index (χ4v) is 6.36. The van der Waals surface area contributed by atoms with Crippen LogP contribution in [0.5, 0.6) is 0 Å². The Morgan fingerprint density at radius 1 is 1.16 bits per heavy atom. The summed E-state index contributed by atoms with van der Waals surface area (Å²) in [5.74, 6) is -1.26. The number of esters is 2. The number of hydrogen-bond acceptors (Lipinski definition) is 7. The van der Waals surface area contributed by atoms with Gasteiger partial charge in [-0.15, -0.1) is 0 Å². The van der Waals surface area contributed by atoms with E-state index in [1.54, 1.807) is 19.9 Å². The smallest absolute Gasteiger partial charge is 0.333 e. The molecule has 0 aromatic heterocycles. The molecule has 0 radical (unpaired) electrons. The number of carbonyl (C=O) groups is 3. The lowest BCUT2D eigenvalue weighted by molar-refractivity contribution is -0.148. The lowest BCUT2D eigenvalue weighted by Crippen LogP contribution is -2.53. The van der Waals surface area contributed by atoms with Crippen LogP contribution in [-0.2, 0) is 23.9 Å². The van der Waals surface area contributed by atoms with Gasteiger partial charge in [-0.05, 0) is 87.5 Å². The van der Waals surface area contributed by atoms with Crippen molar-refractivity contribution in [3.05, 3.63) is 23.3 Å². The predicted octanol–water partition coefficient (Wildman–Crippen LogP) is 4.43. The molecule has 5 atom stereocenters. The van der Waals surface area contributed by atoms with Crippen molar-refractivity contribution < 1.29 is 39.2 Å². The summed E-state index contributed by atoms with van der Waals surface area (Å²) >= 11 is 0. The number of aliphatic hydroxyl groups is 2. The molecule has 8 nitrogen and oxygen atoms in total. The van der Waals surface area contributed by atoms with Crippen molar-refractivity contribution in [1.82, 2.24) is 0 Å². The summed E-state index contributed by atoms with van der Waals surface area (Å²) in [6.45, 7) is 8.42. The molecule has 0 heterocycles. The highest BCUT2D eigenvalue weighted by atomic mass is 16.5. The minimum absolute atomic E-state index is 0.0290. The predicted molar refractivity (Wildman–Crippen MR) is 139 cm³/mol. The standard InChI is InChI=1S/C29H46O8/c1-5-20(2)27(35)37-17-22(13-16-30)12-14-28(4)21(3)11-15-29(19-31)23(7-6-8-24(28)29)18-36-26(34)10-9-25(32)33/h5,7,21-22,24,30-31H,6,8-19H2,1-4H3,(H,32,33)/b20-5-. The van der Waals surface area contributed by atoms with Crippen LogP contribution in [0.2, 0.25) is 0 Å². The molecule has 0 aliphatic heterocycles. The molecular formula is C29H46O8. The zero-order valence-corrected chi connectivity index (χ0v) is 23.0. The first-order valence-electron chi connectivity index (χ1n) is 13.6. The van der Waals surface area contributed by atoms with Crippen LogP contribution in [0.4, 0.5) is 0 Å². The third-order valence-corrected chi connectivity index (χ3v) is 9.15. The maximum atomic E-state index is 12.1. The number of ether oxygens (including phenoxy) is 2.